The molecule has 1 amide bonds. The van der Waals surface area contributed by atoms with E-state index in [9.17, 15) is 4.79 Å². The highest BCUT2D eigenvalue weighted by molar-refractivity contribution is 5.94. The van der Waals surface area contributed by atoms with E-state index >= 15 is 0 Å². The van der Waals surface area contributed by atoms with Crippen LogP contribution in [0.5, 0.6) is 0 Å². The number of aromatic nitrogens is 1. The first kappa shape index (κ1) is 12.8. The summed E-state index contributed by atoms with van der Waals surface area (Å²) in [6.07, 6.45) is 5.18. The van der Waals surface area contributed by atoms with Crippen molar-refractivity contribution in [2.45, 2.75) is 44.1 Å². The highest BCUT2D eigenvalue weighted by Crippen LogP contribution is 2.40. The van der Waals surface area contributed by atoms with Crippen LogP contribution in [-0.4, -0.2) is 16.9 Å². The maximum Gasteiger partial charge on any atom is 0.229 e. The monoisotopic (exact) mass is 285 g/mol. The second-order valence-electron chi connectivity index (χ2n) is 6.20. The van der Waals surface area contributed by atoms with Crippen LogP contribution in [0, 0.1) is 5.92 Å². The number of rotatable bonds is 3. The molecule has 2 unspecified atom stereocenters. The standard InChI is InChI=1S/C16H19N3O2/c17-12-3-1-2-11(12)15(20)18-10-6-7-14-13(8-10)19-16(21-14)9-4-5-9/h6-9,11-12H,1-5,17H2,(H,18,20). The molecule has 5 nitrogen and oxygen atoms in total. The Labute approximate surface area is 122 Å². The lowest BCUT2D eigenvalue weighted by Crippen LogP contribution is -2.34. The predicted molar refractivity (Wildman–Crippen MR) is 79.9 cm³/mol. The zero-order valence-corrected chi connectivity index (χ0v) is 11.8. The summed E-state index contributed by atoms with van der Waals surface area (Å²) in [6, 6.07) is 5.60. The summed E-state index contributed by atoms with van der Waals surface area (Å²) >= 11 is 0. The molecule has 1 heterocycles. The second kappa shape index (κ2) is 4.84. The summed E-state index contributed by atoms with van der Waals surface area (Å²) < 4.78 is 5.72. The van der Waals surface area contributed by atoms with E-state index in [-0.39, 0.29) is 17.9 Å². The molecule has 0 bridgehead atoms. The Morgan fingerprint density at radius 1 is 1.29 bits per heavy atom. The second-order valence-corrected chi connectivity index (χ2v) is 6.20. The molecule has 5 heteroatoms. The molecule has 0 radical (unpaired) electrons. The van der Waals surface area contributed by atoms with Gasteiger partial charge < -0.3 is 15.5 Å². The molecule has 3 N–H and O–H groups in total. The third kappa shape index (κ3) is 2.42. The minimum absolute atomic E-state index is 0.0118. The van der Waals surface area contributed by atoms with E-state index in [4.69, 9.17) is 10.2 Å². The molecule has 1 aromatic carbocycles. The molecule has 2 aliphatic rings. The number of oxazole rings is 1. The zero-order chi connectivity index (χ0) is 14.4. The fourth-order valence-electron chi connectivity index (χ4n) is 3.08. The van der Waals surface area contributed by atoms with Gasteiger partial charge in [0.1, 0.15) is 5.52 Å². The number of benzene rings is 1. The van der Waals surface area contributed by atoms with Crippen molar-refractivity contribution < 1.29 is 9.21 Å². The van der Waals surface area contributed by atoms with E-state index in [1.165, 1.54) is 0 Å². The summed E-state index contributed by atoms with van der Waals surface area (Å²) in [4.78, 5) is 16.8. The van der Waals surface area contributed by atoms with Crippen molar-refractivity contribution in [3.05, 3.63) is 24.1 Å². The van der Waals surface area contributed by atoms with Gasteiger partial charge in [0.2, 0.25) is 5.91 Å². The quantitative estimate of drug-likeness (QED) is 0.908. The van der Waals surface area contributed by atoms with Gasteiger partial charge in [-0.2, -0.15) is 0 Å². The number of nitrogens with one attached hydrogen (secondary N) is 1. The minimum Gasteiger partial charge on any atom is -0.440 e. The average molecular weight is 285 g/mol. The molecule has 4 rings (SSSR count). The highest BCUT2D eigenvalue weighted by Gasteiger charge is 2.31. The summed E-state index contributed by atoms with van der Waals surface area (Å²) in [5.41, 5.74) is 8.34. The molecule has 2 aromatic rings. The van der Waals surface area contributed by atoms with Crippen LogP contribution in [0.1, 0.15) is 43.9 Å². The van der Waals surface area contributed by atoms with Gasteiger partial charge in [0.05, 0.1) is 5.92 Å². The minimum atomic E-state index is -0.0694. The fraction of sp³-hybridized carbons (Fsp3) is 0.500. The van der Waals surface area contributed by atoms with E-state index in [0.717, 1.165) is 54.8 Å². The van der Waals surface area contributed by atoms with E-state index in [1.807, 2.05) is 18.2 Å². The molecular formula is C16H19N3O2. The van der Waals surface area contributed by atoms with E-state index < -0.39 is 0 Å². The number of fused-ring (bicyclic) bond motifs is 1. The maximum atomic E-state index is 12.2. The lowest BCUT2D eigenvalue weighted by molar-refractivity contribution is -0.120. The Morgan fingerprint density at radius 3 is 2.86 bits per heavy atom. The first-order valence-corrected chi connectivity index (χ1v) is 7.67. The molecule has 2 aliphatic carbocycles. The molecular weight excluding hydrogens is 266 g/mol. The van der Waals surface area contributed by atoms with Crippen molar-refractivity contribution in [1.82, 2.24) is 4.98 Å². The first-order valence-electron chi connectivity index (χ1n) is 7.67. The van der Waals surface area contributed by atoms with Crippen molar-refractivity contribution in [3.63, 3.8) is 0 Å². The number of nitrogens with zero attached hydrogens (tertiary/aromatic N) is 1. The number of hydrogen-bond donors (Lipinski definition) is 2. The van der Waals surface area contributed by atoms with Crippen molar-refractivity contribution >= 4 is 22.7 Å². The summed E-state index contributed by atoms with van der Waals surface area (Å²) in [5, 5.41) is 2.96. The molecule has 2 fully saturated rings. The topological polar surface area (TPSA) is 81.2 Å². The molecule has 0 aliphatic heterocycles. The number of carbonyl (C=O) groups excluding carboxylic acids is 1. The summed E-state index contributed by atoms with van der Waals surface area (Å²) in [5.74, 6) is 1.27. The van der Waals surface area contributed by atoms with Gasteiger partial charge in [0.15, 0.2) is 11.5 Å². The van der Waals surface area contributed by atoms with E-state index in [1.54, 1.807) is 0 Å². The summed E-state index contributed by atoms with van der Waals surface area (Å²) in [6.45, 7) is 0. The van der Waals surface area contributed by atoms with Crippen LogP contribution in [0.2, 0.25) is 0 Å². The third-order valence-electron chi connectivity index (χ3n) is 4.50. The Morgan fingerprint density at radius 2 is 2.14 bits per heavy atom. The number of carbonyl (C=O) groups is 1. The van der Waals surface area contributed by atoms with Crippen LogP contribution in [0.3, 0.4) is 0 Å². The van der Waals surface area contributed by atoms with Gasteiger partial charge in [0, 0.05) is 17.6 Å². The van der Waals surface area contributed by atoms with E-state index in [0.29, 0.717) is 5.92 Å². The van der Waals surface area contributed by atoms with Crippen LogP contribution in [0.25, 0.3) is 11.1 Å². The summed E-state index contributed by atoms with van der Waals surface area (Å²) in [7, 11) is 0. The molecule has 2 atom stereocenters. The van der Waals surface area contributed by atoms with Crippen molar-refractivity contribution in [2.75, 3.05) is 5.32 Å². The Bertz CT molecular complexity index is 690. The Balaban J connectivity index is 1.54. The number of amides is 1. The fourth-order valence-corrected chi connectivity index (χ4v) is 3.08. The molecule has 0 saturated heterocycles. The van der Waals surface area contributed by atoms with Crippen LogP contribution in [-0.2, 0) is 4.79 Å². The largest absolute Gasteiger partial charge is 0.440 e. The lowest BCUT2D eigenvalue weighted by Gasteiger charge is -2.14. The van der Waals surface area contributed by atoms with Gasteiger partial charge in [0.25, 0.3) is 0 Å². The number of nitrogens with two attached hydrogens (primary N) is 1. The van der Waals surface area contributed by atoms with Gasteiger partial charge in [-0.15, -0.1) is 0 Å². The molecule has 110 valence electrons. The SMILES string of the molecule is NC1CCCC1C(=O)Nc1ccc2oc(C3CC3)nc2c1. The van der Waals surface area contributed by atoms with Crippen LogP contribution >= 0.6 is 0 Å². The average Bonchev–Trinajstić information content (AvgIpc) is 3.09. The van der Waals surface area contributed by atoms with Gasteiger partial charge in [-0.3, -0.25) is 4.79 Å². The van der Waals surface area contributed by atoms with Crippen molar-refractivity contribution in [2.24, 2.45) is 11.7 Å². The molecule has 1 aromatic heterocycles. The smallest absolute Gasteiger partial charge is 0.229 e. The molecule has 0 spiro atoms. The van der Waals surface area contributed by atoms with Crippen LogP contribution < -0.4 is 11.1 Å². The zero-order valence-electron chi connectivity index (χ0n) is 11.8. The predicted octanol–water partition coefficient (Wildman–Crippen LogP) is 2.77. The van der Waals surface area contributed by atoms with Crippen molar-refractivity contribution in [3.8, 4) is 0 Å². The van der Waals surface area contributed by atoms with Gasteiger partial charge >= 0.3 is 0 Å². The number of hydrogen-bond acceptors (Lipinski definition) is 4. The van der Waals surface area contributed by atoms with Gasteiger partial charge in [-0.1, -0.05) is 6.42 Å². The van der Waals surface area contributed by atoms with Crippen LogP contribution in [0.4, 0.5) is 5.69 Å². The third-order valence-corrected chi connectivity index (χ3v) is 4.50. The van der Waals surface area contributed by atoms with E-state index in [2.05, 4.69) is 10.3 Å². The Hall–Kier alpha value is -1.88. The van der Waals surface area contributed by atoms with Gasteiger partial charge in [-0.05, 0) is 43.9 Å². The normalized spacial score (nSPS) is 25.4. The van der Waals surface area contributed by atoms with Crippen molar-refractivity contribution in [1.29, 1.82) is 0 Å². The lowest BCUT2D eigenvalue weighted by atomic mass is 10.0. The Kier molecular flexibility index (Phi) is 2.96. The van der Waals surface area contributed by atoms with Gasteiger partial charge in [-0.25, -0.2) is 4.98 Å². The van der Waals surface area contributed by atoms with Crippen LogP contribution in [0.15, 0.2) is 22.6 Å². The molecule has 2 saturated carbocycles. The first-order chi connectivity index (χ1) is 10.2. The maximum absolute atomic E-state index is 12.2. The highest BCUT2D eigenvalue weighted by atomic mass is 16.3. The molecule has 21 heavy (non-hydrogen) atoms. The number of anilines is 1.